The van der Waals surface area contributed by atoms with Gasteiger partial charge in [-0.2, -0.15) is 0 Å². The number of methoxy groups -OCH3 is 2. The molecular weight excluding hydrogens is 536 g/mol. The van der Waals surface area contributed by atoms with Gasteiger partial charge in [0.15, 0.2) is 17.2 Å². The number of primary amides is 1. The lowest BCUT2D eigenvalue weighted by Crippen LogP contribution is -2.41. The molecule has 0 atom stereocenters. The molecule has 2 amide bonds. The van der Waals surface area contributed by atoms with Gasteiger partial charge in [-0.05, 0) is 25.8 Å². The molecule has 13 heteroatoms. The topological polar surface area (TPSA) is 155 Å². The highest BCUT2D eigenvalue weighted by atomic mass is 32.1. The van der Waals surface area contributed by atoms with Crippen molar-refractivity contribution in [2.75, 3.05) is 32.3 Å². The Labute approximate surface area is 227 Å². The Bertz CT molecular complexity index is 1310. The van der Waals surface area contributed by atoms with Gasteiger partial charge in [0.1, 0.15) is 0 Å². The van der Waals surface area contributed by atoms with Crippen molar-refractivity contribution in [3.05, 3.63) is 23.1 Å². The molecule has 1 fully saturated rings. The van der Waals surface area contributed by atoms with Crippen LogP contribution in [0.1, 0.15) is 48.7 Å². The molecule has 1 aromatic carbocycles. The summed E-state index contributed by atoms with van der Waals surface area (Å²) in [6.07, 6.45) is 3.44. The minimum atomic E-state index is -1.33. The highest BCUT2D eigenvalue weighted by Gasteiger charge is 2.31. The van der Waals surface area contributed by atoms with Gasteiger partial charge >= 0.3 is 24.1 Å². The first-order valence-electron chi connectivity index (χ1n) is 11.9. The molecule has 3 aromatic rings. The normalized spacial score (nSPS) is 13.3. The third-order valence-corrected chi connectivity index (χ3v) is 8.39. The van der Waals surface area contributed by atoms with Gasteiger partial charge in [-0.15, -0.1) is 22.7 Å². The molecular formula is C25H30N2O9S2. The number of ether oxygens (including phenoxy) is 4. The summed E-state index contributed by atoms with van der Waals surface area (Å²) in [5, 5.41) is 8.10. The van der Waals surface area contributed by atoms with Crippen molar-refractivity contribution in [2.45, 2.75) is 45.1 Å². The molecule has 0 aliphatic heterocycles. The third kappa shape index (κ3) is 6.45. The Morgan fingerprint density at radius 2 is 1.71 bits per heavy atom. The van der Waals surface area contributed by atoms with Gasteiger partial charge in [0.25, 0.3) is 0 Å². The number of esters is 2. The SMILES string of the molecule is CCOC(=O)COc1c(C(=O)OC)sc2c1sc1c(N(C(=O)OC)C3CCCCC3)cccc12.NC(=O)O. The van der Waals surface area contributed by atoms with E-state index in [0.29, 0.717) is 5.75 Å². The Hall–Kier alpha value is -3.58. The van der Waals surface area contributed by atoms with Crippen molar-refractivity contribution in [3.63, 3.8) is 0 Å². The van der Waals surface area contributed by atoms with E-state index in [0.717, 1.165) is 50.9 Å². The van der Waals surface area contributed by atoms with Gasteiger partial charge < -0.3 is 29.8 Å². The van der Waals surface area contributed by atoms with Crippen LogP contribution in [-0.4, -0.2) is 62.7 Å². The molecule has 0 saturated heterocycles. The van der Waals surface area contributed by atoms with Crippen molar-refractivity contribution >= 4 is 72.0 Å². The first kappa shape index (κ1) is 29.0. The number of carbonyl (C=O) groups is 4. The number of carbonyl (C=O) groups excluding carboxylic acids is 3. The number of hydrogen-bond donors (Lipinski definition) is 2. The van der Waals surface area contributed by atoms with Gasteiger partial charge in [0.2, 0.25) is 0 Å². The van der Waals surface area contributed by atoms with Gasteiger partial charge in [-0.25, -0.2) is 19.2 Å². The van der Waals surface area contributed by atoms with Crippen molar-refractivity contribution in [3.8, 4) is 5.75 Å². The molecule has 0 bridgehead atoms. The Balaban J connectivity index is 0.000000934. The molecule has 0 radical (unpaired) electrons. The van der Waals surface area contributed by atoms with Crippen LogP contribution in [0.15, 0.2) is 18.2 Å². The second-order valence-corrected chi connectivity index (χ2v) is 10.3. The molecule has 3 N–H and O–H groups in total. The smallest absolute Gasteiger partial charge is 0.414 e. The van der Waals surface area contributed by atoms with E-state index in [9.17, 15) is 14.4 Å². The zero-order valence-corrected chi connectivity index (χ0v) is 22.9. The van der Waals surface area contributed by atoms with Crippen LogP contribution in [-0.2, 0) is 19.0 Å². The summed E-state index contributed by atoms with van der Waals surface area (Å²) in [7, 11) is 2.70. The van der Waals surface area contributed by atoms with Gasteiger partial charge in [-0.3, -0.25) is 4.90 Å². The summed E-state index contributed by atoms with van der Waals surface area (Å²) < 4.78 is 23.3. The predicted octanol–water partition coefficient (Wildman–Crippen LogP) is 5.37. The standard InChI is InChI=1S/C24H27NO7S2.CH3NO2/c1-4-31-17(26)13-32-18-21-20(34-22(18)23(27)29-2)15-11-8-12-16(19(15)33-21)25(24(28)30-3)14-9-6-5-7-10-14;2-1(3)4/h8,11-12,14H,4-7,9-10,13H2,1-3H3;2H2,(H,3,4). The monoisotopic (exact) mass is 566 g/mol. The molecule has 38 heavy (non-hydrogen) atoms. The third-order valence-electron chi connectivity index (χ3n) is 5.85. The van der Waals surface area contributed by atoms with Crippen LogP contribution >= 0.6 is 22.7 Å². The van der Waals surface area contributed by atoms with E-state index in [1.54, 1.807) is 11.8 Å². The molecule has 1 aliphatic carbocycles. The number of anilines is 1. The summed E-state index contributed by atoms with van der Waals surface area (Å²) in [4.78, 5) is 48.1. The first-order chi connectivity index (χ1) is 18.2. The molecule has 0 spiro atoms. The van der Waals surface area contributed by atoms with Crippen LogP contribution < -0.4 is 15.4 Å². The fraction of sp³-hybridized carbons (Fsp3) is 0.440. The largest absolute Gasteiger partial charge is 0.479 e. The van der Waals surface area contributed by atoms with Gasteiger partial charge in [-0.1, -0.05) is 31.4 Å². The zero-order valence-electron chi connectivity index (χ0n) is 21.3. The van der Waals surface area contributed by atoms with Crippen LogP contribution in [0.2, 0.25) is 0 Å². The van der Waals surface area contributed by atoms with E-state index in [1.165, 1.54) is 43.3 Å². The van der Waals surface area contributed by atoms with Crippen LogP contribution in [0, 0.1) is 0 Å². The second kappa shape index (κ2) is 13.3. The number of hydrogen-bond acceptors (Lipinski definition) is 10. The van der Waals surface area contributed by atoms with Crippen LogP contribution in [0.3, 0.4) is 0 Å². The number of rotatable bonds is 7. The minimum absolute atomic E-state index is 0.0668. The predicted molar refractivity (Wildman–Crippen MR) is 145 cm³/mol. The Morgan fingerprint density at radius 1 is 1.03 bits per heavy atom. The minimum Gasteiger partial charge on any atom is -0.479 e. The number of amides is 2. The van der Waals surface area contributed by atoms with E-state index < -0.39 is 18.0 Å². The number of benzene rings is 1. The lowest BCUT2D eigenvalue weighted by atomic mass is 9.94. The number of thiophene rings is 2. The van der Waals surface area contributed by atoms with E-state index in [-0.39, 0.29) is 30.2 Å². The van der Waals surface area contributed by atoms with E-state index in [1.807, 2.05) is 18.2 Å². The van der Waals surface area contributed by atoms with Crippen LogP contribution in [0.25, 0.3) is 19.5 Å². The Kier molecular flexibility index (Phi) is 10.1. The van der Waals surface area contributed by atoms with Crippen molar-refractivity contribution in [1.82, 2.24) is 0 Å². The lowest BCUT2D eigenvalue weighted by Gasteiger charge is -2.33. The lowest BCUT2D eigenvalue weighted by molar-refractivity contribution is -0.145. The summed E-state index contributed by atoms with van der Waals surface area (Å²) >= 11 is 2.68. The maximum atomic E-state index is 12.9. The molecule has 2 aromatic heterocycles. The van der Waals surface area contributed by atoms with Crippen molar-refractivity contribution in [2.24, 2.45) is 5.73 Å². The summed E-state index contributed by atoms with van der Waals surface area (Å²) in [5.74, 6) is -0.752. The molecule has 1 aliphatic rings. The molecule has 1 saturated carbocycles. The van der Waals surface area contributed by atoms with Crippen LogP contribution in [0.4, 0.5) is 15.3 Å². The fourth-order valence-electron chi connectivity index (χ4n) is 4.35. The molecule has 206 valence electrons. The number of nitrogens with two attached hydrogens (primary N) is 1. The average Bonchev–Trinajstić information content (AvgIpc) is 3.44. The fourth-order valence-corrected chi connectivity index (χ4v) is 7.03. The molecule has 11 nitrogen and oxygen atoms in total. The highest BCUT2D eigenvalue weighted by molar-refractivity contribution is 7.34. The molecule has 2 heterocycles. The van der Waals surface area contributed by atoms with Gasteiger partial charge in [0, 0.05) is 11.4 Å². The first-order valence-corrected chi connectivity index (χ1v) is 13.6. The summed E-state index contributed by atoms with van der Waals surface area (Å²) in [6, 6.07) is 5.85. The number of fused-ring (bicyclic) bond motifs is 3. The summed E-state index contributed by atoms with van der Waals surface area (Å²) in [6.45, 7) is 1.64. The highest BCUT2D eigenvalue weighted by Crippen LogP contribution is 2.50. The van der Waals surface area contributed by atoms with Crippen molar-refractivity contribution in [1.29, 1.82) is 0 Å². The number of carboxylic acid groups (broad SMARTS) is 1. The Morgan fingerprint density at radius 3 is 2.32 bits per heavy atom. The maximum absolute atomic E-state index is 12.9. The van der Waals surface area contributed by atoms with Crippen molar-refractivity contribution < 1.29 is 43.2 Å². The molecule has 4 rings (SSSR count). The van der Waals surface area contributed by atoms with Crippen LogP contribution in [0.5, 0.6) is 5.75 Å². The number of nitrogens with zero attached hydrogens (tertiary/aromatic N) is 1. The molecule has 0 unspecified atom stereocenters. The maximum Gasteiger partial charge on any atom is 0.414 e. The summed E-state index contributed by atoms with van der Waals surface area (Å²) in [5.41, 5.74) is 4.81. The zero-order chi connectivity index (χ0) is 27.8. The quantitative estimate of drug-likeness (QED) is 0.283. The van der Waals surface area contributed by atoms with Gasteiger partial charge in [0.05, 0.1) is 40.6 Å². The second-order valence-electron chi connectivity index (χ2n) is 8.23. The average molecular weight is 567 g/mol. The van der Waals surface area contributed by atoms with E-state index in [4.69, 9.17) is 28.8 Å². The van der Waals surface area contributed by atoms with E-state index in [2.05, 4.69) is 5.73 Å². The van der Waals surface area contributed by atoms with E-state index >= 15 is 0 Å².